The number of nitrogens with one attached hydrogen (secondary N) is 2. The number of likely N-dealkylation sites (tertiary alicyclic amines) is 1. The maximum atomic E-state index is 12.0. The second-order valence-corrected chi connectivity index (χ2v) is 7.76. The number of amides is 1. The van der Waals surface area contributed by atoms with E-state index < -0.39 is 0 Å². The maximum Gasteiger partial charge on any atom is 0.271 e. The van der Waals surface area contributed by atoms with Gasteiger partial charge in [0.25, 0.3) is 5.91 Å². The Labute approximate surface area is 185 Å². The molecule has 28 heavy (non-hydrogen) atoms. The van der Waals surface area contributed by atoms with Crippen LogP contribution in [0.5, 0.6) is 0 Å². The van der Waals surface area contributed by atoms with Gasteiger partial charge in [-0.2, -0.15) is 0 Å². The summed E-state index contributed by atoms with van der Waals surface area (Å²) in [7, 11) is 1.84. The van der Waals surface area contributed by atoms with E-state index in [0.29, 0.717) is 24.2 Å². The molecule has 1 amide bonds. The van der Waals surface area contributed by atoms with E-state index in [1.54, 1.807) is 6.20 Å². The molecule has 2 fully saturated rings. The van der Waals surface area contributed by atoms with Gasteiger partial charge in [-0.15, -0.1) is 24.0 Å². The Hall–Kier alpha value is -1.45. The molecule has 1 aromatic heterocycles. The number of aromatic nitrogens is 2. The first-order chi connectivity index (χ1) is 13.2. The molecule has 0 bridgehead atoms. The minimum atomic E-state index is -0.199. The van der Waals surface area contributed by atoms with E-state index in [0.717, 1.165) is 19.0 Å². The SMILES string of the molecule is CN=C(NCCNC(=O)c1cnccn1)N1CCCC2(CCCCCC2)C1.I. The number of hydrogen-bond acceptors (Lipinski definition) is 4. The normalized spacial score (nSPS) is 19.5. The van der Waals surface area contributed by atoms with E-state index in [9.17, 15) is 4.79 Å². The minimum absolute atomic E-state index is 0. The average molecular weight is 500 g/mol. The van der Waals surface area contributed by atoms with Crippen LogP contribution in [0, 0.1) is 5.41 Å². The van der Waals surface area contributed by atoms with Gasteiger partial charge < -0.3 is 15.5 Å². The number of carbonyl (C=O) groups is 1. The van der Waals surface area contributed by atoms with Crippen molar-refractivity contribution in [1.29, 1.82) is 0 Å². The van der Waals surface area contributed by atoms with Crippen molar-refractivity contribution in [3.8, 4) is 0 Å². The van der Waals surface area contributed by atoms with Crippen molar-refractivity contribution < 1.29 is 4.79 Å². The number of guanidine groups is 1. The fourth-order valence-corrected chi connectivity index (χ4v) is 4.46. The molecule has 1 saturated heterocycles. The number of carbonyl (C=O) groups excluding carboxylic acids is 1. The van der Waals surface area contributed by atoms with Crippen molar-refractivity contribution in [2.24, 2.45) is 10.4 Å². The number of halogens is 1. The van der Waals surface area contributed by atoms with Gasteiger partial charge >= 0.3 is 0 Å². The second kappa shape index (κ2) is 11.5. The molecule has 8 heteroatoms. The first-order valence-electron chi connectivity index (χ1n) is 10.2. The van der Waals surface area contributed by atoms with Crippen LogP contribution in [0.1, 0.15) is 61.9 Å². The van der Waals surface area contributed by atoms with Crippen LogP contribution in [0.2, 0.25) is 0 Å². The van der Waals surface area contributed by atoms with Crippen LogP contribution in [-0.2, 0) is 0 Å². The van der Waals surface area contributed by atoms with E-state index in [-0.39, 0.29) is 29.9 Å². The minimum Gasteiger partial charge on any atom is -0.354 e. The lowest BCUT2D eigenvalue weighted by Crippen LogP contribution is -2.51. The molecule has 1 aromatic rings. The third kappa shape index (κ3) is 6.28. The number of aliphatic imine (C=N–C) groups is 1. The molecule has 0 aromatic carbocycles. The lowest BCUT2D eigenvalue weighted by molar-refractivity contribution is 0.0948. The highest BCUT2D eigenvalue weighted by Crippen LogP contribution is 2.42. The molecule has 0 unspecified atom stereocenters. The van der Waals surface area contributed by atoms with Crippen LogP contribution < -0.4 is 10.6 Å². The van der Waals surface area contributed by atoms with E-state index in [1.165, 1.54) is 63.8 Å². The first-order valence-corrected chi connectivity index (χ1v) is 10.2. The van der Waals surface area contributed by atoms with Gasteiger partial charge in [-0.25, -0.2) is 4.98 Å². The van der Waals surface area contributed by atoms with Gasteiger partial charge in [-0.1, -0.05) is 25.7 Å². The van der Waals surface area contributed by atoms with Crippen LogP contribution in [0.15, 0.2) is 23.6 Å². The topological polar surface area (TPSA) is 82.5 Å². The largest absolute Gasteiger partial charge is 0.354 e. The third-order valence-electron chi connectivity index (χ3n) is 5.83. The lowest BCUT2D eigenvalue weighted by Gasteiger charge is -2.44. The van der Waals surface area contributed by atoms with Gasteiger partial charge in [0.15, 0.2) is 5.96 Å². The van der Waals surface area contributed by atoms with Gasteiger partial charge in [-0.05, 0) is 31.1 Å². The molecule has 156 valence electrons. The number of nitrogens with zero attached hydrogens (tertiary/aromatic N) is 4. The summed E-state index contributed by atoms with van der Waals surface area (Å²) in [5.41, 5.74) is 0.820. The van der Waals surface area contributed by atoms with Crippen LogP contribution in [-0.4, -0.2) is 60.0 Å². The summed E-state index contributed by atoms with van der Waals surface area (Å²) in [4.78, 5) is 26.8. The second-order valence-electron chi connectivity index (χ2n) is 7.76. The smallest absolute Gasteiger partial charge is 0.271 e. The molecule has 1 aliphatic heterocycles. The summed E-state index contributed by atoms with van der Waals surface area (Å²) >= 11 is 0. The molecule has 0 atom stereocenters. The van der Waals surface area contributed by atoms with E-state index in [2.05, 4.69) is 30.5 Å². The maximum absolute atomic E-state index is 12.0. The fraction of sp³-hybridized carbons (Fsp3) is 0.700. The summed E-state index contributed by atoms with van der Waals surface area (Å²) in [5.74, 6) is 0.752. The Bertz CT molecular complexity index is 631. The Morgan fingerprint density at radius 3 is 2.50 bits per heavy atom. The Balaban J connectivity index is 0.00000280. The lowest BCUT2D eigenvalue weighted by atomic mass is 9.74. The van der Waals surface area contributed by atoms with Gasteiger partial charge in [-0.3, -0.25) is 14.8 Å². The number of piperidine rings is 1. The van der Waals surface area contributed by atoms with Crippen LogP contribution in [0.25, 0.3) is 0 Å². The van der Waals surface area contributed by atoms with Crippen molar-refractivity contribution in [2.75, 3.05) is 33.2 Å². The van der Waals surface area contributed by atoms with Crippen LogP contribution in [0.3, 0.4) is 0 Å². The molecule has 3 rings (SSSR count). The third-order valence-corrected chi connectivity index (χ3v) is 5.83. The summed E-state index contributed by atoms with van der Waals surface area (Å²) in [6.45, 7) is 3.33. The van der Waals surface area contributed by atoms with Crippen LogP contribution >= 0.6 is 24.0 Å². The highest BCUT2D eigenvalue weighted by atomic mass is 127. The number of hydrogen-bond donors (Lipinski definition) is 2. The van der Waals surface area contributed by atoms with Crippen molar-refractivity contribution in [3.63, 3.8) is 0 Å². The van der Waals surface area contributed by atoms with Gasteiger partial charge in [0.2, 0.25) is 0 Å². The predicted octanol–water partition coefficient (Wildman–Crippen LogP) is 2.84. The van der Waals surface area contributed by atoms with Gasteiger partial charge in [0.05, 0.1) is 6.20 Å². The molecular formula is C20H33IN6O. The fourth-order valence-electron chi connectivity index (χ4n) is 4.46. The highest BCUT2D eigenvalue weighted by molar-refractivity contribution is 14.0. The van der Waals surface area contributed by atoms with E-state index >= 15 is 0 Å². The Morgan fingerprint density at radius 2 is 1.82 bits per heavy atom. The van der Waals surface area contributed by atoms with E-state index in [4.69, 9.17) is 0 Å². The summed E-state index contributed by atoms with van der Waals surface area (Å²) in [5, 5.41) is 6.28. The first kappa shape index (κ1) is 22.8. The van der Waals surface area contributed by atoms with Crippen molar-refractivity contribution in [3.05, 3.63) is 24.3 Å². The van der Waals surface area contributed by atoms with E-state index in [1.807, 2.05) is 7.05 Å². The average Bonchev–Trinajstić information content (AvgIpc) is 2.94. The summed E-state index contributed by atoms with van der Waals surface area (Å²) < 4.78 is 0. The predicted molar refractivity (Wildman–Crippen MR) is 122 cm³/mol. The van der Waals surface area contributed by atoms with Gasteiger partial charge in [0, 0.05) is 45.6 Å². The molecule has 2 N–H and O–H groups in total. The standard InChI is InChI=1S/C20H32N6O.HI/c1-21-19(25-13-12-24-18(27)17-15-22-10-11-23-17)26-14-6-9-20(16-26)7-4-2-3-5-8-20;/h10-11,15H,2-9,12-14,16H2,1H3,(H,21,25)(H,24,27);1H. The molecule has 1 aliphatic carbocycles. The highest BCUT2D eigenvalue weighted by Gasteiger charge is 2.36. The summed E-state index contributed by atoms with van der Waals surface area (Å²) in [6, 6.07) is 0. The zero-order chi connectivity index (χ0) is 19.0. The zero-order valence-electron chi connectivity index (χ0n) is 16.8. The molecular weight excluding hydrogens is 467 g/mol. The molecule has 2 heterocycles. The molecule has 2 aliphatic rings. The zero-order valence-corrected chi connectivity index (χ0v) is 19.2. The van der Waals surface area contributed by atoms with Gasteiger partial charge in [0.1, 0.15) is 5.69 Å². The van der Waals surface area contributed by atoms with Crippen molar-refractivity contribution in [1.82, 2.24) is 25.5 Å². The Kier molecular flexibility index (Phi) is 9.40. The number of rotatable bonds is 4. The molecule has 1 saturated carbocycles. The van der Waals surface area contributed by atoms with Crippen molar-refractivity contribution >= 4 is 35.8 Å². The quantitative estimate of drug-likeness (QED) is 0.288. The molecule has 1 spiro atoms. The molecule has 7 nitrogen and oxygen atoms in total. The van der Waals surface area contributed by atoms with Crippen LogP contribution in [0.4, 0.5) is 0 Å². The summed E-state index contributed by atoms with van der Waals surface area (Å²) in [6.07, 6.45) is 15.4. The Morgan fingerprint density at radius 1 is 1.11 bits per heavy atom. The van der Waals surface area contributed by atoms with Crippen molar-refractivity contribution in [2.45, 2.75) is 51.4 Å². The molecule has 0 radical (unpaired) electrons. The monoisotopic (exact) mass is 500 g/mol.